The van der Waals surface area contributed by atoms with E-state index in [-0.39, 0.29) is 0 Å². The van der Waals surface area contributed by atoms with Crippen LogP contribution >= 0.6 is 0 Å². The zero-order valence-electron chi connectivity index (χ0n) is 16.8. The number of hydrogen-bond acceptors (Lipinski definition) is 1. The van der Waals surface area contributed by atoms with Gasteiger partial charge in [0, 0.05) is 44.1 Å². The van der Waals surface area contributed by atoms with Crippen LogP contribution in [0.4, 0.5) is 8.78 Å². The second kappa shape index (κ2) is 9.16. The number of hydrogen-bond donors (Lipinski definition) is 0. The molecular weight excluding hydrogens is 354 g/mol. The molecule has 2 nitrogen and oxygen atoms in total. The number of rotatable bonds is 8. The molecule has 148 valence electrons. The zero-order valence-corrected chi connectivity index (χ0v) is 16.8. The largest absolute Gasteiger partial charge is 0.346 e. The summed E-state index contributed by atoms with van der Waals surface area (Å²) >= 11 is 0. The molecule has 3 rings (SSSR count). The fourth-order valence-electron chi connectivity index (χ4n) is 3.65. The van der Waals surface area contributed by atoms with Crippen LogP contribution in [0, 0.1) is 24.5 Å². The summed E-state index contributed by atoms with van der Waals surface area (Å²) in [5.41, 5.74) is 4.37. The van der Waals surface area contributed by atoms with Crippen LogP contribution < -0.4 is 0 Å². The summed E-state index contributed by atoms with van der Waals surface area (Å²) in [6.45, 7) is 9.33. The van der Waals surface area contributed by atoms with Gasteiger partial charge >= 0.3 is 0 Å². The molecule has 0 radical (unpaired) electrons. The average Bonchev–Trinajstić information content (AvgIpc) is 3.00. The van der Waals surface area contributed by atoms with Crippen molar-refractivity contribution in [2.75, 3.05) is 6.54 Å². The Bertz CT molecular complexity index is 894. The predicted molar refractivity (Wildman–Crippen MR) is 110 cm³/mol. The zero-order chi connectivity index (χ0) is 20.1. The van der Waals surface area contributed by atoms with Crippen molar-refractivity contribution < 1.29 is 8.78 Å². The van der Waals surface area contributed by atoms with Gasteiger partial charge in [-0.1, -0.05) is 43.7 Å². The minimum atomic E-state index is -0.526. The number of benzene rings is 2. The summed E-state index contributed by atoms with van der Waals surface area (Å²) in [5.74, 6) is -0.594. The summed E-state index contributed by atoms with van der Waals surface area (Å²) in [4.78, 5) is 2.25. The highest BCUT2D eigenvalue weighted by Gasteiger charge is 2.13. The highest BCUT2D eigenvalue weighted by molar-refractivity contribution is 5.23. The highest BCUT2D eigenvalue weighted by Crippen LogP contribution is 2.17. The summed E-state index contributed by atoms with van der Waals surface area (Å²) in [5, 5.41) is 0. The maximum atomic E-state index is 13.6. The van der Waals surface area contributed by atoms with Crippen LogP contribution in [0.5, 0.6) is 0 Å². The molecule has 0 amide bonds. The predicted octanol–water partition coefficient (Wildman–Crippen LogP) is 5.78. The highest BCUT2D eigenvalue weighted by atomic mass is 19.1. The fraction of sp³-hybridized carbons (Fsp3) is 0.333. The lowest BCUT2D eigenvalue weighted by Gasteiger charge is -2.25. The molecule has 0 unspecified atom stereocenters. The first-order chi connectivity index (χ1) is 13.4. The topological polar surface area (TPSA) is 8.17 Å². The Hall–Kier alpha value is -2.46. The lowest BCUT2D eigenvalue weighted by atomic mass is 10.1. The standard InChI is InChI=1S/C24H28F2N2/c1-18(2)14-27(15-21-11-22(25)13-23(26)12-21)17-24-8-5-9-28(24)16-20-7-4-6-19(3)10-20/h4-13,18H,14-17H2,1-3H3. The average molecular weight is 382 g/mol. The SMILES string of the molecule is Cc1cccc(Cn2cccc2CN(Cc2cc(F)cc(F)c2)CC(C)C)c1. The van der Waals surface area contributed by atoms with E-state index in [0.29, 0.717) is 18.0 Å². The smallest absolute Gasteiger partial charge is 0.126 e. The van der Waals surface area contributed by atoms with E-state index >= 15 is 0 Å². The lowest BCUT2D eigenvalue weighted by molar-refractivity contribution is 0.222. The van der Waals surface area contributed by atoms with Gasteiger partial charge in [-0.2, -0.15) is 0 Å². The Morgan fingerprint density at radius 3 is 2.32 bits per heavy atom. The monoisotopic (exact) mass is 382 g/mol. The molecule has 0 N–H and O–H groups in total. The molecule has 0 aliphatic carbocycles. The first kappa shape index (κ1) is 20.3. The van der Waals surface area contributed by atoms with Crippen molar-refractivity contribution in [3.63, 3.8) is 0 Å². The Morgan fingerprint density at radius 1 is 0.893 bits per heavy atom. The maximum Gasteiger partial charge on any atom is 0.126 e. The third kappa shape index (κ3) is 5.77. The minimum Gasteiger partial charge on any atom is -0.346 e. The number of nitrogens with zero attached hydrogens (tertiary/aromatic N) is 2. The van der Waals surface area contributed by atoms with E-state index in [2.05, 4.69) is 72.8 Å². The second-order valence-corrected chi connectivity index (χ2v) is 7.96. The summed E-state index contributed by atoms with van der Waals surface area (Å²) in [6.07, 6.45) is 2.09. The van der Waals surface area contributed by atoms with Crippen LogP contribution in [0.2, 0.25) is 0 Å². The molecule has 2 aromatic carbocycles. The van der Waals surface area contributed by atoms with Crippen LogP contribution in [0.1, 0.15) is 36.2 Å². The molecular formula is C24H28F2N2. The molecule has 0 aliphatic rings. The van der Waals surface area contributed by atoms with Crippen LogP contribution in [0.15, 0.2) is 60.8 Å². The van der Waals surface area contributed by atoms with E-state index in [1.165, 1.54) is 29.0 Å². The van der Waals surface area contributed by atoms with E-state index in [0.717, 1.165) is 25.7 Å². The molecule has 0 bridgehead atoms. The van der Waals surface area contributed by atoms with Crippen molar-refractivity contribution in [3.8, 4) is 0 Å². The van der Waals surface area contributed by atoms with Crippen molar-refractivity contribution >= 4 is 0 Å². The molecule has 28 heavy (non-hydrogen) atoms. The van der Waals surface area contributed by atoms with Gasteiger partial charge in [0.15, 0.2) is 0 Å². The van der Waals surface area contributed by atoms with E-state index in [4.69, 9.17) is 0 Å². The van der Waals surface area contributed by atoms with Gasteiger partial charge in [-0.15, -0.1) is 0 Å². The molecule has 0 saturated heterocycles. The van der Waals surface area contributed by atoms with Gasteiger partial charge in [-0.25, -0.2) is 8.78 Å². The Balaban J connectivity index is 1.77. The molecule has 0 spiro atoms. The molecule has 0 atom stereocenters. The van der Waals surface area contributed by atoms with Gasteiger partial charge < -0.3 is 4.57 Å². The van der Waals surface area contributed by atoms with Gasteiger partial charge in [0.1, 0.15) is 11.6 Å². The molecule has 4 heteroatoms. The van der Waals surface area contributed by atoms with E-state index in [1.807, 2.05) is 0 Å². The quantitative estimate of drug-likeness (QED) is 0.479. The number of aryl methyl sites for hydroxylation is 1. The van der Waals surface area contributed by atoms with Crippen LogP contribution in [-0.2, 0) is 19.6 Å². The van der Waals surface area contributed by atoms with Crippen molar-refractivity contribution in [1.29, 1.82) is 0 Å². The van der Waals surface area contributed by atoms with Crippen LogP contribution in [0.3, 0.4) is 0 Å². The van der Waals surface area contributed by atoms with Crippen molar-refractivity contribution in [2.24, 2.45) is 5.92 Å². The summed E-state index contributed by atoms with van der Waals surface area (Å²) < 4.78 is 29.4. The Kier molecular flexibility index (Phi) is 6.63. The van der Waals surface area contributed by atoms with Gasteiger partial charge in [0.05, 0.1) is 0 Å². The second-order valence-electron chi connectivity index (χ2n) is 7.96. The molecule has 1 heterocycles. The van der Waals surface area contributed by atoms with E-state index in [1.54, 1.807) is 0 Å². The first-order valence-electron chi connectivity index (χ1n) is 9.76. The maximum absolute atomic E-state index is 13.6. The Morgan fingerprint density at radius 2 is 1.64 bits per heavy atom. The lowest BCUT2D eigenvalue weighted by Crippen LogP contribution is -2.28. The number of aromatic nitrogens is 1. The third-order valence-corrected chi connectivity index (χ3v) is 4.70. The van der Waals surface area contributed by atoms with Gasteiger partial charge in [0.25, 0.3) is 0 Å². The van der Waals surface area contributed by atoms with Crippen LogP contribution in [-0.4, -0.2) is 16.0 Å². The molecule has 0 fully saturated rings. The Labute approximate surface area is 166 Å². The first-order valence-corrected chi connectivity index (χ1v) is 9.76. The molecule has 0 saturated carbocycles. The van der Waals surface area contributed by atoms with E-state index in [9.17, 15) is 8.78 Å². The van der Waals surface area contributed by atoms with Gasteiger partial charge in [0.2, 0.25) is 0 Å². The minimum absolute atomic E-state index is 0.457. The van der Waals surface area contributed by atoms with Crippen molar-refractivity contribution in [2.45, 2.75) is 40.4 Å². The van der Waals surface area contributed by atoms with E-state index < -0.39 is 11.6 Å². The summed E-state index contributed by atoms with van der Waals surface area (Å²) in [6, 6.07) is 16.5. The van der Waals surface area contributed by atoms with Crippen LogP contribution in [0.25, 0.3) is 0 Å². The van der Waals surface area contributed by atoms with Crippen molar-refractivity contribution in [3.05, 3.63) is 94.8 Å². The van der Waals surface area contributed by atoms with Gasteiger partial charge in [-0.3, -0.25) is 4.90 Å². The summed E-state index contributed by atoms with van der Waals surface area (Å²) in [7, 11) is 0. The molecule has 0 aliphatic heterocycles. The third-order valence-electron chi connectivity index (χ3n) is 4.70. The van der Waals surface area contributed by atoms with Crippen molar-refractivity contribution in [1.82, 2.24) is 9.47 Å². The number of halogens is 2. The molecule has 1 aromatic heterocycles. The van der Waals surface area contributed by atoms with Gasteiger partial charge in [-0.05, 0) is 48.2 Å². The molecule has 3 aromatic rings. The normalized spacial score (nSPS) is 11.5. The fourth-order valence-corrected chi connectivity index (χ4v) is 3.65.